The number of aliphatic hydroxyl groups excluding tert-OH is 1. The molecule has 0 bridgehead atoms. The summed E-state index contributed by atoms with van der Waals surface area (Å²) in [6.07, 6.45) is 13.9. The van der Waals surface area contributed by atoms with Crippen LogP contribution in [-0.2, 0) is 19.2 Å². The van der Waals surface area contributed by atoms with Crippen molar-refractivity contribution < 1.29 is 29.1 Å². The van der Waals surface area contributed by atoms with E-state index in [9.17, 15) is 29.1 Å². The second kappa shape index (κ2) is 18.2. The number of carbonyl (C=O) groups is 5. The van der Waals surface area contributed by atoms with Crippen molar-refractivity contribution in [2.24, 2.45) is 23.2 Å². The summed E-state index contributed by atoms with van der Waals surface area (Å²) in [7, 11) is 0. The molecule has 0 aromatic carbocycles. The van der Waals surface area contributed by atoms with Crippen LogP contribution in [0.15, 0.2) is 43.1 Å². The largest absolute Gasteiger partial charge is 0.381 e. The summed E-state index contributed by atoms with van der Waals surface area (Å²) < 4.78 is 0. The van der Waals surface area contributed by atoms with Crippen molar-refractivity contribution in [3.63, 3.8) is 0 Å². The molecule has 3 aliphatic rings. The summed E-state index contributed by atoms with van der Waals surface area (Å²) in [5.41, 5.74) is 0.175. The second-order valence-electron chi connectivity index (χ2n) is 16.4. The van der Waals surface area contributed by atoms with Crippen molar-refractivity contribution in [3.8, 4) is 0 Å². The fraction of sp³-hybridized carbons (Fsp3) is 0.650. The Labute approximate surface area is 318 Å². The topological polar surface area (TPSA) is 196 Å². The molecule has 0 radical (unpaired) electrons. The first-order valence-electron chi connectivity index (χ1n) is 19.7. The van der Waals surface area contributed by atoms with E-state index in [4.69, 9.17) is 0 Å². The molecule has 5 amide bonds. The highest BCUT2D eigenvalue weighted by atomic mass is 16.3. The van der Waals surface area contributed by atoms with Crippen LogP contribution in [-0.4, -0.2) is 91.3 Å². The van der Waals surface area contributed by atoms with Gasteiger partial charge in [-0.15, -0.1) is 0 Å². The minimum absolute atomic E-state index is 0.0912. The Bertz CT molecular complexity index is 1600. The molecule has 2 aromatic rings. The maximum Gasteiger partial charge on any atom is 0.272 e. The van der Waals surface area contributed by atoms with Crippen LogP contribution in [0.3, 0.4) is 0 Å². The van der Waals surface area contributed by atoms with Crippen molar-refractivity contribution in [3.05, 3.63) is 54.4 Å². The number of aliphatic hydroxyl groups is 1. The second-order valence-corrected chi connectivity index (χ2v) is 16.4. The van der Waals surface area contributed by atoms with Crippen LogP contribution >= 0.6 is 0 Å². The van der Waals surface area contributed by atoms with E-state index in [1.54, 1.807) is 29.4 Å². The Balaban J connectivity index is 1.34. The number of amides is 5. The van der Waals surface area contributed by atoms with Gasteiger partial charge in [-0.3, -0.25) is 33.9 Å². The van der Waals surface area contributed by atoms with Crippen molar-refractivity contribution in [2.75, 3.05) is 6.54 Å². The highest BCUT2D eigenvalue weighted by Gasteiger charge is 2.52. The molecule has 14 heteroatoms. The fourth-order valence-electron chi connectivity index (χ4n) is 8.52. The molecule has 8 atom stereocenters. The molecule has 54 heavy (non-hydrogen) atoms. The first-order valence-corrected chi connectivity index (χ1v) is 19.7. The van der Waals surface area contributed by atoms with Gasteiger partial charge in [-0.1, -0.05) is 59.8 Å². The number of aromatic nitrogens is 3. The zero-order valence-electron chi connectivity index (χ0n) is 32.3. The summed E-state index contributed by atoms with van der Waals surface area (Å²) in [5.74, 6) is -2.46. The van der Waals surface area contributed by atoms with Crippen molar-refractivity contribution in [1.82, 2.24) is 41.1 Å². The van der Waals surface area contributed by atoms with Crippen LogP contribution in [0.25, 0.3) is 0 Å². The Morgan fingerprint density at radius 2 is 1.59 bits per heavy atom. The lowest BCUT2D eigenvalue weighted by Gasteiger charge is -2.38. The lowest BCUT2D eigenvalue weighted by Crippen LogP contribution is -2.62. The summed E-state index contributed by atoms with van der Waals surface area (Å²) in [6, 6.07) is -0.427. The van der Waals surface area contributed by atoms with Gasteiger partial charge in [0.2, 0.25) is 17.7 Å². The average Bonchev–Trinajstić information content (AvgIpc) is 3.77. The van der Waals surface area contributed by atoms with E-state index in [-0.39, 0.29) is 29.4 Å². The summed E-state index contributed by atoms with van der Waals surface area (Å²) in [5, 5.41) is 23.0. The van der Waals surface area contributed by atoms with Crippen molar-refractivity contribution in [1.29, 1.82) is 0 Å². The number of carbonyl (C=O) groups excluding carboxylic acids is 5. The minimum atomic E-state index is -1.52. The number of likely N-dealkylation sites (tertiary alicyclic amines) is 1. The van der Waals surface area contributed by atoms with Crippen LogP contribution in [0.4, 0.5) is 0 Å². The molecule has 1 saturated heterocycles. The molecule has 5 N–H and O–H groups in total. The first-order chi connectivity index (χ1) is 25.8. The fourth-order valence-corrected chi connectivity index (χ4v) is 8.52. The minimum Gasteiger partial charge on any atom is -0.381 e. The molecule has 5 rings (SSSR count). The molecular formula is C40H58N8O6. The van der Waals surface area contributed by atoms with Gasteiger partial charge < -0.3 is 31.3 Å². The van der Waals surface area contributed by atoms with Gasteiger partial charge >= 0.3 is 0 Å². The smallest absolute Gasteiger partial charge is 0.272 e. The molecule has 14 nitrogen and oxygen atoms in total. The first kappa shape index (κ1) is 40.7. The van der Waals surface area contributed by atoms with Crippen molar-refractivity contribution >= 4 is 29.5 Å². The van der Waals surface area contributed by atoms with Gasteiger partial charge in [-0.25, -0.2) is 4.98 Å². The van der Waals surface area contributed by atoms with Crippen LogP contribution in [0, 0.1) is 23.2 Å². The Hall–Kier alpha value is -4.46. The Morgan fingerprint density at radius 3 is 2.24 bits per heavy atom. The number of hydrogen-bond acceptors (Lipinski definition) is 9. The number of nitrogens with one attached hydrogen (secondary N) is 4. The maximum absolute atomic E-state index is 14.7. The van der Waals surface area contributed by atoms with E-state index in [0.29, 0.717) is 19.4 Å². The predicted molar refractivity (Wildman–Crippen MR) is 201 cm³/mol. The standard InChI is InChI=1S/C40H58N8O6/c1-6-11-29(33(49)38(53)44-24(2)25-16-18-41-19-17-25)45-37(52)32-28-15-10-14-27(28)23-48(32)39(54)34(40(3,4)5)47-36(51)31(26-12-8-7-9-13-26)46-35(50)30-22-42-20-21-43-30/h16-22,24,26-29,31-34,49H,6-15,23H2,1-5H3,(H,44,53)(H,45,52)(H,46,50)(H,47,51)/t24?,27-,28-,29?,31?,32?,33?,34+/m0/s1. The number of nitrogens with zero attached hydrogens (tertiary/aromatic N) is 4. The van der Waals surface area contributed by atoms with Crippen molar-refractivity contribution in [2.45, 2.75) is 135 Å². The molecule has 5 unspecified atom stereocenters. The highest BCUT2D eigenvalue weighted by Crippen LogP contribution is 2.43. The molecule has 2 aliphatic carbocycles. The maximum atomic E-state index is 14.7. The predicted octanol–water partition coefficient (Wildman–Crippen LogP) is 3.23. The molecule has 3 heterocycles. The third-order valence-electron chi connectivity index (χ3n) is 11.5. The monoisotopic (exact) mass is 746 g/mol. The molecular weight excluding hydrogens is 688 g/mol. The van der Waals surface area contributed by atoms with Gasteiger partial charge in [0.25, 0.3) is 11.8 Å². The third kappa shape index (κ3) is 9.79. The van der Waals surface area contributed by atoms with Gasteiger partial charge in [0.15, 0.2) is 6.10 Å². The zero-order chi connectivity index (χ0) is 39.0. The SMILES string of the molecule is CCCC(NC(=O)C1[C@H]2CCC[C@H]2CN1C(=O)[C@@H](NC(=O)C(NC(=O)c1cnccn1)C1CCCCC1)C(C)(C)C)C(O)C(=O)NC(C)c1ccncc1. The van der Waals surface area contributed by atoms with Gasteiger partial charge in [0.1, 0.15) is 23.8 Å². The summed E-state index contributed by atoms with van der Waals surface area (Å²) >= 11 is 0. The number of fused-ring (bicyclic) bond motifs is 1. The summed E-state index contributed by atoms with van der Waals surface area (Å²) in [4.78, 5) is 83.5. The van der Waals surface area contributed by atoms with Gasteiger partial charge in [0.05, 0.1) is 18.3 Å². The third-order valence-corrected chi connectivity index (χ3v) is 11.5. The highest BCUT2D eigenvalue weighted by molar-refractivity contribution is 5.98. The number of hydrogen-bond donors (Lipinski definition) is 5. The Morgan fingerprint density at radius 1 is 0.870 bits per heavy atom. The lowest BCUT2D eigenvalue weighted by molar-refractivity contribution is -0.146. The normalized spacial score (nSPS) is 22.9. The molecule has 2 aromatic heterocycles. The van der Waals surface area contributed by atoms with Gasteiger partial charge in [-0.2, -0.15) is 0 Å². The van der Waals surface area contributed by atoms with Crippen LogP contribution in [0.1, 0.15) is 121 Å². The lowest BCUT2D eigenvalue weighted by atomic mass is 9.82. The van der Waals surface area contributed by atoms with Crippen LogP contribution < -0.4 is 21.3 Å². The van der Waals surface area contributed by atoms with Crippen LogP contribution in [0.5, 0.6) is 0 Å². The molecule has 2 saturated carbocycles. The zero-order valence-corrected chi connectivity index (χ0v) is 32.3. The quantitative estimate of drug-likeness (QED) is 0.193. The van der Waals surface area contributed by atoms with E-state index in [0.717, 1.165) is 56.9 Å². The van der Waals surface area contributed by atoms with E-state index in [1.165, 1.54) is 18.6 Å². The van der Waals surface area contributed by atoms with E-state index in [1.807, 2.05) is 34.6 Å². The Kier molecular flexibility index (Phi) is 13.8. The molecule has 0 spiro atoms. The van der Waals surface area contributed by atoms with Gasteiger partial charge in [0, 0.05) is 31.3 Å². The molecule has 1 aliphatic heterocycles. The van der Waals surface area contributed by atoms with Crippen LogP contribution in [0.2, 0.25) is 0 Å². The van der Waals surface area contributed by atoms with E-state index in [2.05, 4.69) is 36.2 Å². The number of rotatable bonds is 14. The molecule has 3 fully saturated rings. The number of pyridine rings is 1. The van der Waals surface area contributed by atoms with E-state index < -0.39 is 65.4 Å². The average molecular weight is 747 g/mol. The van der Waals surface area contributed by atoms with E-state index >= 15 is 0 Å². The van der Waals surface area contributed by atoms with Gasteiger partial charge in [-0.05, 0) is 79.9 Å². The summed E-state index contributed by atoms with van der Waals surface area (Å²) in [6.45, 7) is 9.70. The molecule has 294 valence electrons.